The fraction of sp³-hybridized carbons (Fsp3) is 0.333. The van der Waals surface area contributed by atoms with Crippen molar-refractivity contribution in [3.05, 3.63) is 35.4 Å². The van der Waals surface area contributed by atoms with Crippen LogP contribution in [0, 0.1) is 0 Å². The highest BCUT2D eigenvalue weighted by Crippen LogP contribution is 2.52. The lowest BCUT2D eigenvalue weighted by atomic mass is 9.87. The SMILES string of the molecule is COC(=O)c1c(C(=O)OCC(O)CO)c(O)c2cc(OC)c(OC)c(OC)c2c1-c1ccc(OC)c(OC)c1. The van der Waals surface area contributed by atoms with Crippen molar-refractivity contribution in [2.45, 2.75) is 6.10 Å². The van der Waals surface area contributed by atoms with Crippen LogP contribution in [-0.2, 0) is 9.47 Å². The molecular weight excluding hydrogens is 516 g/mol. The van der Waals surface area contributed by atoms with E-state index in [0.717, 1.165) is 7.11 Å². The van der Waals surface area contributed by atoms with Gasteiger partial charge in [-0.05, 0) is 23.8 Å². The summed E-state index contributed by atoms with van der Waals surface area (Å²) < 4.78 is 37.5. The van der Waals surface area contributed by atoms with E-state index in [4.69, 9.17) is 38.3 Å². The first-order valence-electron chi connectivity index (χ1n) is 11.5. The molecule has 12 heteroatoms. The van der Waals surface area contributed by atoms with Gasteiger partial charge >= 0.3 is 11.9 Å². The number of hydrogen-bond acceptors (Lipinski definition) is 12. The van der Waals surface area contributed by atoms with Gasteiger partial charge in [0, 0.05) is 16.3 Å². The summed E-state index contributed by atoms with van der Waals surface area (Å²) in [4.78, 5) is 26.6. The van der Waals surface area contributed by atoms with Crippen molar-refractivity contribution in [3.63, 3.8) is 0 Å². The molecule has 0 bridgehead atoms. The Morgan fingerprint density at radius 3 is 1.97 bits per heavy atom. The maximum atomic E-state index is 13.3. The van der Waals surface area contributed by atoms with E-state index in [1.807, 2.05) is 0 Å². The number of methoxy groups -OCH3 is 6. The Bertz CT molecular complexity index is 1380. The summed E-state index contributed by atoms with van der Waals surface area (Å²) in [7, 11) is 8.14. The lowest BCUT2D eigenvalue weighted by molar-refractivity contribution is 0.00889. The Morgan fingerprint density at radius 2 is 1.44 bits per heavy atom. The normalized spacial score (nSPS) is 11.5. The number of aliphatic hydroxyl groups is 2. The summed E-state index contributed by atoms with van der Waals surface area (Å²) in [6, 6.07) is 6.19. The van der Waals surface area contributed by atoms with Crippen molar-refractivity contribution < 1.29 is 58.1 Å². The third-order valence-corrected chi connectivity index (χ3v) is 5.96. The summed E-state index contributed by atoms with van der Waals surface area (Å²) >= 11 is 0. The van der Waals surface area contributed by atoms with Crippen LogP contribution < -0.4 is 23.7 Å². The monoisotopic (exact) mass is 546 g/mol. The first-order valence-corrected chi connectivity index (χ1v) is 11.5. The van der Waals surface area contributed by atoms with Crippen molar-refractivity contribution in [2.24, 2.45) is 0 Å². The molecule has 3 aromatic rings. The molecule has 3 N–H and O–H groups in total. The zero-order valence-electron chi connectivity index (χ0n) is 22.3. The van der Waals surface area contributed by atoms with Crippen molar-refractivity contribution in [2.75, 3.05) is 55.9 Å². The second-order valence-corrected chi connectivity index (χ2v) is 8.04. The van der Waals surface area contributed by atoms with Crippen LogP contribution in [-0.4, -0.2) is 89.2 Å². The number of aliphatic hydroxyl groups excluding tert-OH is 2. The van der Waals surface area contributed by atoms with Gasteiger partial charge in [-0.2, -0.15) is 0 Å². The standard InChI is InChI=1S/C27H30O12/c1-33-16-8-7-13(9-17(16)34-2)19-20-15(10-18(35-3)24(36-4)25(20)37-5)23(30)22(21(19)26(31)38-6)27(32)39-12-14(29)11-28/h7-10,14,28-30H,11-12H2,1-6H3. The molecule has 0 saturated carbocycles. The van der Waals surface area contributed by atoms with Gasteiger partial charge in [0.1, 0.15) is 24.0 Å². The van der Waals surface area contributed by atoms with Gasteiger partial charge in [0.15, 0.2) is 23.0 Å². The topological polar surface area (TPSA) is 159 Å². The number of ether oxygens (including phenoxy) is 7. The first-order chi connectivity index (χ1) is 18.7. The summed E-state index contributed by atoms with van der Waals surface area (Å²) in [5.41, 5.74) is -0.432. The number of carbonyl (C=O) groups is 2. The Hall–Kier alpha value is -4.42. The fourth-order valence-electron chi connectivity index (χ4n) is 4.18. The van der Waals surface area contributed by atoms with Crippen LogP contribution >= 0.6 is 0 Å². The Kier molecular flexibility index (Phi) is 9.28. The number of benzene rings is 3. The number of phenols is 1. The highest BCUT2D eigenvalue weighted by molar-refractivity contribution is 6.20. The molecule has 0 heterocycles. The molecule has 0 saturated heterocycles. The number of carbonyl (C=O) groups excluding carboxylic acids is 2. The molecule has 0 radical (unpaired) electrons. The Morgan fingerprint density at radius 1 is 0.795 bits per heavy atom. The maximum absolute atomic E-state index is 13.3. The van der Waals surface area contributed by atoms with Gasteiger partial charge in [0.25, 0.3) is 0 Å². The number of esters is 2. The molecule has 0 amide bonds. The number of rotatable bonds is 11. The molecular formula is C27H30O12. The minimum Gasteiger partial charge on any atom is -0.506 e. The lowest BCUT2D eigenvalue weighted by Gasteiger charge is -2.22. The lowest BCUT2D eigenvalue weighted by Crippen LogP contribution is -2.23. The van der Waals surface area contributed by atoms with E-state index in [-0.39, 0.29) is 39.1 Å². The largest absolute Gasteiger partial charge is 0.506 e. The summed E-state index contributed by atoms with van der Waals surface area (Å²) in [6.07, 6.45) is -1.38. The minimum absolute atomic E-state index is 0.0524. The van der Waals surface area contributed by atoms with E-state index in [1.54, 1.807) is 18.2 Å². The van der Waals surface area contributed by atoms with Gasteiger partial charge in [0.2, 0.25) is 5.75 Å². The highest BCUT2D eigenvalue weighted by atomic mass is 16.5. The number of fused-ring (bicyclic) bond motifs is 1. The number of hydrogen-bond donors (Lipinski definition) is 3. The average Bonchev–Trinajstić information content (AvgIpc) is 2.97. The maximum Gasteiger partial charge on any atom is 0.342 e. The van der Waals surface area contributed by atoms with Crippen molar-refractivity contribution in [1.29, 1.82) is 0 Å². The molecule has 0 aliphatic rings. The van der Waals surface area contributed by atoms with Gasteiger partial charge in [0.05, 0.1) is 54.8 Å². The Labute approximate surface area is 224 Å². The number of aromatic hydroxyl groups is 1. The summed E-state index contributed by atoms with van der Waals surface area (Å²) in [5.74, 6) is -1.66. The molecule has 39 heavy (non-hydrogen) atoms. The van der Waals surface area contributed by atoms with Crippen LogP contribution in [0.5, 0.6) is 34.5 Å². The van der Waals surface area contributed by atoms with Crippen LogP contribution in [0.1, 0.15) is 20.7 Å². The first kappa shape index (κ1) is 29.1. The molecule has 1 atom stereocenters. The molecule has 0 aliphatic heterocycles. The molecule has 3 aromatic carbocycles. The third-order valence-electron chi connectivity index (χ3n) is 5.96. The summed E-state index contributed by atoms with van der Waals surface area (Å²) in [5, 5.41) is 30.5. The smallest absolute Gasteiger partial charge is 0.342 e. The molecule has 12 nitrogen and oxygen atoms in total. The molecule has 3 rings (SSSR count). The summed E-state index contributed by atoms with van der Waals surface area (Å²) in [6.45, 7) is -1.28. The van der Waals surface area contributed by atoms with E-state index < -0.39 is 42.6 Å². The fourth-order valence-corrected chi connectivity index (χ4v) is 4.18. The predicted molar refractivity (Wildman–Crippen MR) is 139 cm³/mol. The van der Waals surface area contributed by atoms with Gasteiger partial charge in [-0.3, -0.25) is 0 Å². The van der Waals surface area contributed by atoms with E-state index in [2.05, 4.69) is 0 Å². The number of phenolic OH excluding ortho intramolecular Hbond substituents is 1. The second-order valence-electron chi connectivity index (χ2n) is 8.04. The van der Waals surface area contributed by atoms with Crippen LogP contribution in [0.25, 0.3) is 21.9 Å². The van der Waals surface area contributed by atoms with E-state index in [9.17, 15) is 19.8 Å². The van der Waals surface area contributed by atoms with E-state index >= 15 is 0 Å². The molecule has 0 aromatic heterocycles. The van der Waals surface area contributed by atoms with Crippen LogP contribution in [0.3, 0.4) is 0 Å². The molecule has 0 fully saturated rings. The quantitative estimate of drug-likeness (QED) is 0.302. The molecule has 210 valence electrons. The van der Waals surface area contributed by atoms with Crippen LogP contribution in [0.2, 0.25) is 0 Å². The van der Waals surface area contributed by atoms with Gasteiger partial charge in [-0.1, -0.05) is 6.07 Å². The van der Waals surface area contributed by atoms with Gasteiger partial charge in [-0.15, -0.1) is 0 Å². The van der Waals surface area contributed by atoms with Crippen LogP contribution in [0.15, 0.2) is 24.3 Å². The van der Waals surface area contributed by atoms with Gasteiger partial charge in [-0.25, -0.2) is 9.59 Å². The molecule has 1 unspecified atom stereocenters. The molecule has 0 spiro atoms. The Balaban J connectivity index is 2.61. The zero-order valence-corrected chi connectivity index (χ0v) is 22.3. The second kappa shape index (κ2) is 12.4. The van der Waals surface area contributed by atoms with E-state index in [0.29, 0.717) is 17.1 Å². The minimum atomic E-state index is -1.38. The van der Waals surface area contributed by atoms with E-state index in [1.165, 1.54) is 41.6 Å². The van der Waals surface area contributed by atoms with Crippen LogP contribution in [0.4, 0.5) is 0 Å². The van der Waals surface area contributed by atoms with Gasteiger partial charge < -0.3 is 48.5 Å². The third kappa shape index (κ3) is 5.29. The van der Waals surface area contributed by atoms with Crippen molar-refractivity contribution >= 4 is 22.7 Å². The predicted octanol–water partition coefficient (Wildman–Crippen LogP) is 2.55. The van der Waals surface area contributed by atoms with Crippen molar-refractivity contribution in [3.8, 4) is 45.6 Å². The van der Waals surface area contributed by atoms with Crippen molar-refractivity contribution in [1.82, 2.24) is 0 Å². The molecule has 0 aliphatic carbocycles. The average molecular weight is 547 g/mol. The zero-order chi connectivity index (χ0) is 28.9. The highest BCUT2D eigenvalue weighted by Gasteiger charge is 2.34.